The smallest absolute Gasteiger partial charge is 0.222 e. The first-order chi connectivity index (χ1) is 12.2. The van der Waals surface area contributed by atoms with E-state index in [9.17, 15) is 0 Å². The summed E-state index contributed by atoms with van der Waals surface area (Å²) < 4.78 is 7.49. The lowest BCUT2D eigenvalue weighted by Gasteiger charge is -2.12. The molecule has 0 fully saturated rings. The zero-order valence-corrected chi connectivity index (χ0v) is 14.4. The monoisotopic (exact) mass is 340 g/mol. The van der Waals surface area contributed by atoms with Gasteiger partial charge in [-0.2, -0.15) is 4.98 Å². The lowest BCUT2D eigenvalue weighted by Crippen LogP contribution is -2.13. The van der Waals surface area contributed by atoms with Gasteiger partial charge in [0, 0.05) is 32.4 Å². The highest BCUT2D eigenvalue weighted by Gasteiger charge is 2.11. The Morgan fingerprint density at radius 2 is 1.88 bits per heavy atom. The van der Waals surface area contributed by atoms with Crippen LogP contribution in [0.25, 0.3) is 11.0 Å². The van der Waals surface area contributed by atoms with Gasteiger partial charge in [0.1, 0.15) is 5.52 Å². The van der Waals surface area contributed by atoms with Crippen molar-refractivity contribution in [3.05, 3.63) is 47.7 Å². The van der Waals surface area contributed by atoms with Crippen LogP contribution in [0, 0.1) is 0 Å². The number of nitrogens with zero attached hydrogens (tertiary/aromatic N) is 3. The molecule has 0 radical (unpaired) electrons. The zero-order chi connectivity index (χ0) is 17.6. The number of rotatable bonds is 8. The Morgan fingerprint density at radius 3 is 2.60 bits per heavy atom. The molecule has 0 saturated carbocycles. The van der Waals surface area contributed by atoms with Crippen molar-refractivity contribution in [3.63, 3.8) is 0 Å². The van der Waals surface area contributed by atoms with Gasteiger partial charge in [0.25, 0.3) is 0 Å². The summed E-state index contributed by atoms with van der Waals surface area (Å²) in [4.78, 5) is 8.69. The summed E-state index contributed by atoms with van der Waals surface area (Å²) in [7, 11) is 0. The van der Waals surface area contributed by atoms with Crippen LogP contribution in [-0.2, 0) is 17.8 Å². The van der Waals surface area contributed by atoms with Gasteiger partial charge in [-0.1, -0.05) is 24.3 Å². The Bertz CT molecular complexity index is 827. The average molecular weight is 340 g/mol. The molecule has 2 aromatic heterocycles. The second-order valence-corrected chi connectivity index (χ2v) is 5.75. The van der Waals surface area contributed by atoms with Gasteiger partial charge in [-0.25, -0.2) is 4.98 Å². The van der Waals surface area contributed by atoms with Crippen molar-refractivity contribution in [2.45, 2.75) is 20.0 Å². The van der Waals surface area contributed by atoms with Gasteiger partial charge in [0.15, 0.2) is 5.82 Å². The van der Waals surface area contributed by atoms with E-state index in [-0.39, 0.29) is 5.95 Å². The molecule has 0 aliphatic rings. The number of ether oxygens (including phenoxy) is 1. The number of nitrogen functional groups attached to an aromatic ring is 1. The highest BCUT2D eigenvalue weighted by atomic mass is 16.5. The van der Waals surface area contributed by atoms with E-state index in [2.05, 4.69) is 44.1 Å². The maximum atomic E-state index is 5.83. The highest BCUT2D eigenvalue weighted by Crippen LogP contribution is 2.23. The maximum Gasteiger partial charge on any atom is 0.222 e. The van der Waals surface area contributed by atoms with Gasteiger partial charge in [0.2, 0.25) is 5.95 Å². The molecule has 3 aromatic rings. The Labute approximate surface area is 147 Å². The Kier molecular flexibility index (Phi) is 5.47. The lowest BCUT2D eigenvalue weighted by atomic mass is 10.1. The predicted molar refractivity (Wildman–Crippen MR) is 100 cm³/mol. The number of aromatic nitrogens is 3. The fraction of sp³-hybridized carbons (Fsp3) is 0.333. The van der Waals surface area contributed by atoms with Crippen molar-refractivity contribution in [2.75, 3.05) is 30.8 Å². The van der Waals surface area contributed by atoms with Crippen LogP contribution in [0.4, 0.5) is 11.8 Å². The average Bonchev–Trinajstić information content (AvgIpc) is 3.02. The molecule has 7 nitrogen and oxygen atoms in total. The van der Waals surface area contributed by atoms with Crippen molar-refractivity contribution in [3.8, 4) is 0 Å². The molecule has 0 aliphatic heterocycles. The summed E-state index contributed by atoms with van der Waals surface area (Å²) in [5.74, 6) is 0.988. The van der Waals surface area contributed by atoms with Gasteiger partial charge in [-0.05, 0) is 24.1 Å². The molecule has 3 rings (SSSR count). The van der Waals surface area contributed by atoms with Crippen LogP contribution >= 0.6 is 0 Å². The second-order valence-electron chi connectivity index (χ2n) is 5.75. The molecule has 7 heteroatoms. The number of anilines is 2. The van der Waals surface area contributed by atoms with Gasteiger partial charge in [-0.15, -0.1) is 0 Å². The number of nitrogens with one attached hydrogen (secondary N) is 1. The summed E-state index contributed by atoms with van der Waals surface area (Å²) in [5, 5.41) is 3.30. The minimum atomic E-state index is 0.261. The Balaban J connectivity index is 1.86. The standard InChI is InChI=1S/C18H24N6O/c1-2-25-10-8-21-17-16-15(22-18(20)23-17)7-9-24(16)12-14-5-3-13(11-19)4-6-14/h3-7,9H,2,8,10-12,19H2,1H3,(H3,20,21,22,23). The van der Waals surface area contributed by atoms with Gasteiger partial charge in [-0.3, -0.25) is 0 Å². The Hall–Kier alpha value is -2.64. The first kappa shape index (κ1) is 17.2. The van der Waals surface area contributed by atoms with Crippen molar-refractivity contribution >= 4 is 22.8 Å². The first-order valence-electron chi connectivity index (χ1n) is 8.43. The number of hydrogen-bond acceptors (Lipinski definition) is 6. The van der Waals surface area contributed by atoms with E-state index >= 15 is 0 Å². The highest BCUT2D eigenvalue weighted by molar-refractivity contribution is 5.87. The van der Waals surface area contributed by atoms with E-state index in [1.807, 2.05) is 19.2 Å². The van der Waals surface area contributed by atoms with Crippen molar-refractivity contribution in [1.82, 2.24) is 14.5 Å². The third-order valence-electron chi connectivity index (χ3n) is 3.98. The molecular formula is C18H24N6O. The third-order valence-corrected chi connectivity index (χ3v) is 3.98. The molecule has 0 aliphatic carbocycles. The fourth-order valence-corrected chi connectivity index (χ4v) is 2.74. The van der Waals surface area contributed by atoms with E-state index < -0.39 is 0 Å². The molecule has 132 valence electrons. The molecule has 0 amide bonds. The van der Waals surface area contributed by atoms with E-state index in [4.69, 9.17) is 16.2 Å². The first-order valence-corrected chi connectivity index (χ1v) is 8.43. The normalized spacial score (nSPS) is 11.1. The van der Waals surface area contributed by atoms with Crippen molar-refractivity contribution < 1.29 is 4.74 Å². The fourth-order valence-electron chi connectivity index (χ4n) is 2.74. The van der Waals surface area contributed by atoms with Gasteiger partial charge >= 0.3 is 0 Å². The Morgan fingerprint density at radius 1 is 1.12 bits per heavy atom. The van der Waals surface area contributed by atoms with Crippen LogP contribution in [-0.4, -0.2) is 34.3 Å². The molecule has 0 unspecified atom stereocenters. The molecule has 2 heterocycles. The van der Waals surface area contributed by atoms with Gasteiger partial charge < -0.3 is 26.1 Å². The molecule has 0 atom stereocenters. The molecule has 0 bridgehead atoms. The third kappa shape index (κ3) is 4.07. The summed E-state index contributed by atoms with van der Waals surface area (Å²) in [6.45, 7) is 5.22. The quantitative estimate of drug-likeness (QED) is 0.542. The summed E-state index contributed by atoms with van der Waals surface area (Å²) >= 11 is 0. The largest absolute Gasteiger partial charge is 0.380 e. The second kappa shape index (κ2) is 7.96. The molecule has 0 spiro atoms. The predicted octanol–water partition coefficient (Wildman–Crippen LogP) is 1.97. The topological polar surface area (TPSA) is 104 Å². The maximum absolute atomic E-state index is 5.83. The van der Waals surface area contributed by atoms with Crippen molar-refractivity contribution in [2.24, 2.45) is 5.73 Å². The molecule has 25 heavy (non-hydrogen) atoms. The number of nitrogens with two attached hydrogens (primary N) is 2. The van der Waals surface area contributed by atoms with Crippen LogP contribution in [0.3, 0.4) is 0 Å². The summed E-state index contributed by atoms with van der Waals surface area (Å²) in [6.07, 6.45) is 2.00. The van der Waals surface area contributed by atoms with Crippen LogP contribution in [0.15, 0.2) is 36.5 Å². The van der Waals surface area contributed by atoms with E-state index in [0.29, 0.717) is 26.3 Å². The summed E-state index contributed by atoms with van der Waals surface area (Å²) in [6, 6.07) is 10.2. The van der Waals surface area contributed by atoms with Crippen LogP contribution in [0.1, 0.15) is 18.1 Å². The minimum absolute atomic E-state index is 0.261. The number of hydrogen-bond donors (Lipinski definition) is 3. The molecule has 1 aromatic carbocycles. The van der Waals surface area contributed by atoms with Crippen LogP contribution in [0.5, 0.6) is 0 Å². The zero-order valence-electron chi connectivity index (χ0n) is 14.4. The van der Waals surface area contributed by atoms with E-state index in [0.717, 1.165) is 29.0 Å². The SMILES string of the molecule is CCOCCNc1nc(N)nc2ccn(Cc3ccc(CN)cc3)c12. The minimum Gasteiger partial charge on any atom is -0.380 e. The van der Waals surface area contributed by atoms with Crippen molar-refractivity contribution in [1.29, 1.82) is 0 Å². The number of fused-ring (bicyclic) bond motifs is 1. The van der Waals surface area contributed by atoms with E-state index in [1.54, 1.807) is 0 Å². The molecule has 5 N–H and O–H groups in total. The van der Waals surface area contributed by atoms with E-state index in [1.165, 1.54) is 5.56 Å². The summed E-state index contributed by atoms with van der Waals surface area (Å²) in [5.41, 5.74) is 15.6. The van der Waals surface area contributed by atoms with Crippen LogP contribution < -0.4 is 16.8 Å². The van der Waals surface area contributed by atoms with Gasteiger partial charge in [0.05, 0.1) is 12.1 Å². The number of benzene rings is 1. The molecule has 0 saturated heterocycles. The van der Waals surface area contributed by atoms with Crippen LogP contribution in [0.2, 0.25) is 0 Å². The lowest BCUT2D eigenvalue weighted by molar-refractivity contribution is 0.158. The molecular weight excluding hydrogens is 316 g/mol.